The van der Waals surface area contributed by atoms with Crippen LogP contribution in [0.3, 0.4) is 0 Å². The third kappa shape index (κ3) is 2.66. The van der Waals surface area contributed by atoms with Gasteiger partial charge in [-0.2, -0.15) is 0 Å². The Labute approximate surface area is 97.8 Å². The molecule has 2 aromatic heterocycles. The van der Waals surface area contributed by atoms with Crippen molar-refractivity contribution in [2.75, 3.05) is 12.4 Å². The molecule has 82 valence electrons. The Kier molecular flexibility index (Phi) is 3.31. The van der Waals surface area contributed by atoms with Crippen molar-refractivity contribution >= 4 is 17.7 Å². The van der Waals surface area contributed by atoms with Gasteiger partial charge in [0.15, 0.2) is 0 Å². The second kappa shape index (κ2) is 4.89. The van der Waals surface area contributed by atoms with Gasteiger partial charge in [0.1, 0.15) is 10.1 Å². The number of nitrogens with zero attached hydrogens (tertiary/aromatic N) is 4. The van der Waals surface area contributed by atoms with Crippen molar-refractivity contribution in [1.29, 1.82) is 0 Å². The Bertz CT molecular complexity index is 474. The van der Waals surface area contributed by atoms with Gasteiger partial charge >= 0.3 is 0 Å². The van der Waals surface area contributed by atoms with Crippen molar-refractivity contribution in [3.8, 4) is 0 Å². The molecule has 0 aromatic carbocycles. The maximum absolute atomic E-state index is 4.32. The van der Waals surface area contributed by atoms with E-state index in [2.05, 4.69) is 25.3 Å². The van der Waals surface area contributed by atoms with Crippen LogP contribution in [-0.4, -0.2) is 27.0 Å². The highest BCUT2D eigenvalue weighted by Crippen LogP contribution is 2.24. The summed E-state index contributed by atoms with van der Waals surface area (Å²) >= 11 is 1.47. The lowest BCUT2D eigenvalue weighted by atomic mass is 10.5. The van der Waals surface area contributed by atoms with Crippen LogP contribution in [0.2, 0.25) is 0 Å². The van der Waals surface area contributed by atoms with E-state index in [1.807, 2.05) is 13.0 Å². The Morgan fingerprint density at radius 3 is 2.75 bits per heavy atom. The fourth-order valence-corrected chi connectivity index (χ4v) is 1.95. The molecule has 0 aliphatic heterocycles. The molecule has 0 radical (unpaired) electrons. The molecule has 0 aliphatic rings. The fraction of sp³-hybridized carbons (Fsp3) is 0.200. The normalized spacial score (nSPS) is 10.1. The molecule has 0 aliphatic carbocycles. The summed E-state index contributed by atoms with van der Waals surface area (Å²) in [6.45, 7) is 1.93. The van der Waals surface area contributed by atoms with Crippen LogP contribution in [0.1, 0.15) is 5.69 Å². The first kappa shape index (κ1) is 10.8. The molecule has 0 saturated carbocycles. The predicted octanol–water partition coefficient (Wildman–Crippen LogP) is 1.77. The molecule has 0 fully saturated rings. The van der Waals surface area contributed by atoms with E-state index >= 15 is 0 Å². The van der Waals surface area contributed by atoms with Gasteiger partial charge in [-0.25, -0.2) is 15.0 Å². The molecule has 0 saturated heterocycles. The predicted molar refractivity (Wildman–Crippen MR) is 62.5 cm³/mol. The second-order valence-corrected chi connectivity index (χ2v) is 4.11. The van der Waals surface area contributed by atoms with Crippen molar-refractivity contribution in [2.24, 2.45) is 0 Å². The van der Waals surface area contributed by atoms with E-state index in [1.54, 1.807) is 25.6 Å². The SMILES string of the molecule is CNc1nc(C)cc(Sc2cnccn2)n1. The minimum absolute atomic E-state index is 0.617. The van der Waals surface area contributed by atoms with E-state index in [0.717, 1.165) is 15.7 Å². The maximum atomic E-state index is 4.32. The molecule has 2 aromatic rings. The monoisotopic (exact) mass is 233 g/mol. The van der Waals surface area contributed by atoms with Crippen molar-refractivity contribution in [3.05, 3.63) is 30.4 Å². The highest BCUT2D eigenvalue weighted by molar-refractivity contribution is 7.99. The van der Waals surface area contributed by atoms with E-state index in [9.17, 15) is 0 Å². The molecule has 0 unspecified atom stereocenters. The van der Waals surface area contributed by atoms with Crippen LogP contribution < -0.4 is 5.32 Å². The van der Waals surface area contributed by atoms with E-state index in [0.29, 0.717) is 5.95 Å². The van der Waals surface area contributed by atoms with Crippen LogP contribution in [0.4, 0.5) is 5.95 Å². The summed E-state index contributed by atoms with van der Waals surface area (Å²) in [4.78, 5) is 16.7. The Morgan fingerprint density at radius 1 is 1.19 bits per heavy atom. The first-order chi connectivity index (χ1) is 7.78. The van der Waals surface area contributed by atoms with Crippen LogP contribution >= 0.6 is 11.8 Å². The van der Waals surface area contributed by atoms with Gasteiger partial charge in [0.25, 0.3) is 0 Å². The Morgan fingerprint density at radius 2 is 2.06 bits per heavy atom. The molecule has 0 bridgehead atoms. The number of hydrogen-bond acceptors (Lipinski definition) is 6. The van der Waals surface area contributed by atoms with Gasteiger partial charge in [-0.1, -0.05) is 0 Å². The number of rotatable bonds is 3. The fourth-order valence-electron chi connectivity index (χ4n) is 1.15. The zero-order valence-corrected chi connectivity index (χ0v) is 9.82. The lowest BCUT2D eigenvalue weighted by molar-refractivity contribution is 0.995. The first-order valence-corrected chi connectivity index (χ1v) is 5.57. The number of hydrogen-bond donors (Lipinski definition) is 1. The summed E-state index contributed by atoms with van der Waals surface area (Å²) in [5.41, 5.74) is 0.922. The zero-order chi connectivity index (χ0) is 11.4. The van der Waals surface area contributed by atoms with Crippen molar-refractivity contribution < 1.29 is 0 Å². The van der Waals surface area contributed by atoms with Crippen LogP contribution in [0.5, 0.6) is 0 Å². The largest absolute Gasteiger partial charge is 0.357 e. The molecular weight excluding hydrogens is 222 g/mol. The standard InChI is InChI=1S/C10H11N5S/c1-7-5-8(15-10(11-2)14-7)16-9-6-12-3-4-13-9/h3-6H,1-2H3,(H,11,14,15). The van der Waals surface area contributed by atoms with Gasteiger partial charge in [-0.15, -0.1) is 0 Å². The highest BCUT2D eigenvalue weighted by Gasteiger charge is 2.03. The molecule has 2 heterocycles. The number of aromatic nitrogens is 4. The van der Waals surface area contributed by atoms with Gasteiger partial charge in [0, 0.05) is 25.1 Å². The van der Waals surface area contributed by atoms with Gasteiger partial charge < -0.3 is 5.32 Å². The smallest absolute Gasteiger partial charge is 0.223 e. The van der Waals surface area contributed by atoms with Gasteiger partial charge in [-0.05, 0) is 24.8 Å². The second-order valence-electron chi connectivity index (χ2n) is 3.07. The molecule has 1 N–H and O–H groups in total. The topological polar surface area (TPSA) is 63.6 Å². The van der Waals surface area contributed by atoms with Crippen LogP contribution in [0.25, 0.3) is 0 Å². The summed E-state index contributed by atoms with van der Waals surface area (Å²) in [7, 11) is 1.80. The zero-order valence-electron chi connectivity index (χ0n) is 9.01. The van der Waals surface area contributed by atoms with E-state index in [1.165, 1.54) is 11.8 Å². The van der Waals surface area contributed by atoms with E-state index in [4.69, 9.17) is 0 Å². The summed E-state index contributed by atoms with van der Waals surface area (Å²) in [5, 5.41) is 4.60. The van der Waals surface area contributed by atoms with Crippen LogP contribution in [0.15, 0.2) is 34.7 Å². The molecule has 16 heavy (non-hydrogen) atoms. The quantitative estimate of drug-likeness (QED) is 0.815. The molecule has 0 atom stereocenters. The third-order valence-corrected chi connectivity index (χ3v) is 2.64. The Balaban J connectivity index is 2.24. The highest BCUT2D eigenvalue weighted by atomic mass is 32.2. The van der Waals surface area contributed by atoms with Gasteiger partial charge in [0.2, 0.25) is 5.95 Å². The maximum Gasteiger partial charge on any atom is 0.223 e. The summed E-state index contributed by atoms with van der Waals surface area (Å²) in [5.74, 6) is 0.617. The summed E-state index contributed by atoms with van der Waals surface area (Å²) in [6, 6.07) is 1.92. The molecule has 0 amide bonds. The number of aryl methyl sites for hydroxylation is 1. The summed E-state index contributed by atoms with van der Waals surface area (Å²) < 4.78 is 0. The molecular formula is C10H11N5S. The third-order valence-electron chi connectivity index (χ3n) is 1.80. The van der Waals surface area contributed by atoms with Gasteiger partial charge in [-0.3, -0.25) is 4.98 Å². The van der Waals surface area contributed by atoms with Crippen LogP contribution in [-0.2, 0) is 0 Å². The molecule has 2 rings (SSSR count). The van der Waals surface area contributed by atoms with E-state index < -0.39 is 0 Å². The van der Waals surface area contributed by atoms with Crippen molar-refractivity contribution in [3.63, 3.8) is 0 Å². The van der Waals surface area contributed by atoms with Crippen LogP contribution in [0, 0.1) is 6.92 Å². The van der Waals surface area contributed by atoms with Crippen molar-refractivity contribution in [2.45, 2.75) is 17.0 Å². The Hall–Kier alpha value is -1.69. The van der Waals surface area contributed by atoms with E-state index in [-0.39, 0.29) is 0 Å². The molecule has 5 nitrogen and oxygen atoms in total. The van der Waals surface area contributed by atoms with Gasteiger partial charge in [0.05, 0.1) is 6.20 Å². The lowest BCUT2D eigenvalue weighted by Gasteiger charge is -2.03. The number of anilines is 1. The van der Waals surface area contributed by atoms with Crippen molar-refractivity contribution in [1.82, 2.24) is 19.9 Å². The number of nitrogens with one attached hydrogen (secondary N) is 1. The first-order valence-electron chi connectivity index (χ1n) is 4.75. The minimum atomic E-state index is 0.617. The molecule has 6 heteroatoms. The average Bonchev–Trinajstić information content (AvgIpc) is 2.29. The summed E-state index contributed by atoms with van der Waals surface area (Å²) in [6.07, 6.45) is 5.02. The lowest BCUT2D eigenvalue weighted by Crippen LogP contribution is -1.98. The minimum Gasteiger partial charge on any atom is -0.357 e. The average molecular weight is 233 g/mol. The molecule has 0 spiro atoms.